The summed E-state index contributed by atoms with van der Waals surface area (Å²) in [5.41, 5.74) is 1.65. The van der Waals surface area contributed by atoms with Crippen LogP contribution in [0.3, 0.4) is 0 Å². The highest BCUT2D eigenvalue weighted by Gasteiger charge is 2.08. The maximum Gasteiger partial charge on any atom is 0.407 e. The van der Waals surface area contributed by atoms with Crippen molar-refractivity contribution in [2.45, 2.75) is 13.2 Å². The molecule has 1 aromatic carbocycles. The lowest BCUT2D eigenvalue weighted by Crippen LogP contribution is -2.38. The van der Waals surface area contributed by atoms with Crippen molar-refractivity contribution in [2.24, 2.45) is 0 Å². The number of ether oxygens (including phenoxy) is 1. The predicted molar refractivity (Wildman–Crippen MR) is 103 cm³/mol. The predicted octanol–water partition coefficient (Wildman–Crippen LogP) is 1.99. The Labute approximate surface area is 162 Å². The monoisotopic (exact) mass is 379 g/mol. The summed E-state index contributed by atoms with van der Waals surface area (Å²) in [6.07, 6.45) is 4.59. The number of nitrogens with one attached hydrogen (secondary N) is 2. The van der Waals surface area contributed by atoms with Crippen LogP contribution in [0.15, 0.2) is 67.1 Å². The molecule has 0 aliphatic carbocycles. The zero-order valence-electron chi connectivity index (χ0n) is 15.2. The van der Waals surface area contributed by atoms with E-state index in [4.69, 9.17) is 4.74 Å². The number of hydrogen-bond donors (Lipinski definition) is 2. The SMILES string of the molecule is O=C(CNC(=O)OCc1ccccc1)NCCn1ccnc1-c1ccccn1. The van der Waals surface area contributed by atoms with Crippen LogP contribution in [0.5, 0.6) is 0 Å². The average molecular weight is 379 g/mol. The number of carbonyl (C=O) groups is 2. The molecule has 2 aromatic heterocycles. The topological polar surface area (TPSA) is 98.1 Å². The lowest BCUT2D eigenvalue weighted by Gasteiger charge is -2.10. The molecule has 0 unspecified atom stereocenters. The van der Waals surface area contributed by atoms with Gasteiger partial charge in [-0.05, 0) is 17.7 Å². The second kappa shape index (κ2) is 9.86. The molecule has 0 fully saturated rings. The van der Waals surface area contributed by atoms with Gasteiger partial charge in [0.25, 0.3) is 0 Å². The van der Waals surface area contributed by atoms with Crippen molar-refractivity contribution in [1.82, 2.24) is 25.2 Å². The van der Waals surface area contributed by atoms with Gasteiger partial charge in [0.05, 0.1) is 6.54 Å². The number of nitrogens with zero attached hydrogens (tertiary/aromatic N) is 3. The number of carbonyl (C=O) groups excluding carboxylic acids is 2. The Kier molecular flexibility index (Phi) is 6.73. The molecule has 28 heavy (non-hydrogen) atoms. The number of benzene rings is 1. The third kappa shape index (κ3) is 5.66. The lowest BCUT2D eigenvalue weighted by atomic mass is 10.2. The molecule has 0 spiro atoms. The summed E-state index contributed by atoms with van der Waals surface area (Å²) in [7, 11) is 0. The van der Waals surface area contributed by atoms with Crippen LogP contribution >= 0.6 is 0 Å². The molecule has 144 valence electrons. The van der Waals surface area contributed by atoms with Gasteiger partial charge in [0.1, 0.15) is 12.3 Å². The van der Waals surface area contributed by atoms with Crippen LogP contribution in [0.2, 0.25) is 0 Å². The summed E-state index contributed by atoms with van der Waals surface area (Å²) >= 11 is 0. The minimum Gasteiger partial charge on any atom is -0.445 e. The molecule has 0 aliphatic rings. The van der Waals surface area contributed by atoms with E-state index in [-0.39, 0.29) is 19.1 Å². The van der Waals surface area contributed by atoms with E-state index in [0.717, 1.165) is 17.1 Å². The van der Waals surface area contributed by atoms with Gasteiger partial charge in [-0.25, -0.2) is 9.78 Å². The molecular formula is C20H21N5O3. The number of rotatable bonds is 8. The van der Waals surface area contributed by atoms with Crippen molar-refractivity contribution in [1.29, 1.82) is 0 Å². The lowest BCUT2D eigenvalue weighted by molar-refractivity contribution is -0.120. The Bertz CT molecular complexity index is 896. The van der Waals surface area contributed by atoms with E-state index < -0.39 is 6.09 Å². The Morgan fingerprint density at radius 1 is 0.964 bits per heavy atom. The van der Waals surface area contributed by atoms with Crippen molar-refractivity contribution in [3.63, 3.8) is 0 Å². The van der Waals surface area contributed by atoms with Crippen LogP contribution in [-0.2, 0) is 22.7 Å². The third-order valence-electron chi connectivity index (χ3n) is 3.89. The van der Waals surface area contributed by atoms with Crippen LogP contribution in [0.1, 0.15) is 5.56 Å². The van der Waals surface area contributed by atoms with Gasteiger partial charge in [0.2, 0.25) is 5.91 Å². The zero-order chi connectivity index (χ0) is 19.6. The van der Waals surface area contributed by atoms with E-state index >= 15 is 0 Å². The van der Waals surface area contributed by atoms with Crippen molar-refractivity contribution in [3.05, 3.63) is 72.7 Å². The Morgan fingerprint density at radius 3 is 2.57 bits per heavy atom. The molecular weight excluding hydrogens is 358 g/mol. The van der Waals surface area contributed by atoms with Gasteiger partial charge in [-0.1, -0.05) is 36.4 Å². The quantitative estimate of drug-likeness (QED) is 0.624. The summed E-state index contributed by atoms with van der Waals surface area (Å²) in [6.45, 7) is 0.946. The molecule has 0 radical (unpaired) electrons. The molecule has 8 heteroatoms. The second-order valence-electron chi connectivity index (χ2n) is 5.92. The van der Waals surface area contributed by atoms with Gasteiger partial charge < -0.3 is 19.9 Å². The molecule has 2 N–H and O–H groups in total. The molecule has 3 rings (SSSR count). The highest BCUT2D eigenvalue weighted by molar-refractivity contribution is 5.82. The summed E-state index contributed by atoms with van der Waals surface area (Å²) in [6, 6.07) is 14.9. The molecule has 0 bridgehead atoms. The van der Waals surface area contributed by atoms with Gasteiger partial charge in [-0.15, -0.1) is 0 Å². The number of imidazole rings is 1. The molecule has 8 nitrogen and oxygen atoms in total. The number of amides is 2. The first-order valence-corrected chi connectivity index (χ1v) is 8.86. The van der Waals surface area contributed by atoms with Gasteiger partial charge in [0.15, 0.2) is 5.82 Å². The average Bonchev–Trinajstić information content (AvgIpc) is 3.21. The molecule has 0 atom stereocenters. The first-order valence-electron chi connectivity index (χ1n) is 8.86. The zero-order valence-corrected chi connectivity index (χ0v) is 15.2. The number of aromatic nitrogens is 3. The van der Waals surface area contributed by atoms with Crippen LogP contribution in [-0.4, -0.2) is 39.6 Å². The number of alkyl carbamates (subject to hydrolysis) is 1. The highest BCUT2D eigenvalue weighted by Crippen LogP contribution is 2.13. The van der Waals surface area contributed by atoms with Crippen molar-refractivity contribution in [2.75, 3.05) is 13.1 Å². The molecule has 3 aromatic rings. The molecule has 2 heterocycles. The largest absolute Gasteiger partial charge is 0.445 e. The number of hydrogen-bond acceptors (Lipinski definition) is 5. The molecule has 0 saturated carbocycles. The van der Waals surface area contributed by atoms with Gasteiger partial charge in [-0.3, -0.25) is 9.78 Å². The molecule has 0 saturated heterocycles. The maximum absolute atomic E-state index is 11.9. The van der Waals surface area contributed by atoms with Crippen molar-refractivity contribution < 1.29 is 14.3 Å². The van der Waals surface area contributed by atoms with Crippen molar-refractivity contribution in [3.8, 4) is 11.5 Å². The fraction of sp³-hybridized carbons (Fsp3) is 0.200. The first kappa shape index (κ1) is 19.1. The van der Waals surface area contributed by atoms with Crippen molar-refractivity contribution >= 4 is 12.0 Å². The normalized spacial score (nSPS) is 10.3. The fourth-order valence-electron chi connectivity index (χ4n) is 2.52. The van der Waals surface area contributed by atoms with Crippen LogP contribution in [0.25, 0.3) is 11.5 Å². The summed E-state index contributed by atoms with van der Waals surface area (Å²) < 4.78 is 6.96. The van der Waals surface area contributed by atoms with E-state index in [9.17, 15) is 9.59 Å². The summed E-state index contributed by atoms with van der Waals surface area (Å²) in [4.78, 5) is 32.1. The van der Waals surface area contributed by atoms with Crippen LogP contribution in [0, 0.1) is 0 Å². The fourth-order valence-corrected chi connectivity index (χ4v) is 2.52. The Morgan fingerprint density at radius 2 is 1.79 bits per heavy atom. The summed E-state index contributed by atoms with van der Waals surface area (Å²) in [5.74, 6) is 0.439. The highest BCUT2D eigenvalue weighted by atomic mass is 16.5. The van der Waals surface area contributed by atoms with E-state index in [1.54, 1.807) is 12.4 Å². The van der Waals surface area contributed by atoms with E-state index in [2.05, 4.69) is 20.6 Å². The van der Waals surface area contributed by atoms with Gasteiger partial charge in [0, 0.05) is 31.7 Å². The summed E-state index contributed by atoms with van der Waals surface area (Å²) in [5, 5.41) is 5.18. The van der Waals surface area contributed by atoms with E-state index in [1.165, 1.54) is 0 Å². The molecule has 0 aliphatic heterocycles. The standard InChI is InChI=1S/C20H21N5O3/c26-18(14-24-20(27)28-15-16-6-2-1-3-7-16)22-10-12-25-13-11-23-19(25)17-8-4-5-9-21-17/h1-9,11,13H,10,12,14-15H2,(H,22,26)(H,24,27). The van der Waals surface area contributed by atoms with E-state index in [0.29, 0.717) is 13.1 Å². The van der Waals surface area contributed by atoms with E-state index in [1.807, 2.05) is 59.3 Å². The van der Waals surface area contributed by atoms with Gasteiger partial charge >= 0.3 is 6.09 Å². The second-order valence-corrected chi connectivity index (χ2v) is 5.92. The maximum atomic E-state index is 11.9. The van der Waals surface area contributed by atoms with Crippen LogP contribution < -0.4 is 10.6 Å². The Balaban J connectivity index is 1.36. The third-order valence-corrected chi connectivity index (χ3v) is 3.89. The minimum absolute atomic E-state index is 0.148. The Hall–Kier alpha value is -3.68. The minimum atomic E-state index is -0.633. The number of pyridine rings is 1. The first-order chi connectivity index (χ1) is 13.7. The smallest absolute Gasteiger partial charge is 0.407 e. The van der Waals surface area contributed by atoms with Gasteiger partial charge in [-0.2, -0.15) is 0 Å². The van der Waals surface area contributed by atoms with Crippen LogP contribution in [0.4, 0.5) is 4.79 Å². The molecule has 2 amide bonds.